The lowest BCUT2D eigenvalue weighted by Crippen LogP contribution is -2.27. The first-order chi connectivity index (χ1) is 13.6. The molecular formula is C19H18F4N2O4. The molecule has 1 amide bonds. The summed E-state index contributed by atoms with van der Waals surface area (Å²) in [7, 11) is 1.18. The zero-order valence-corrected chi connectivity index (χ0v) is 15.8. The summed E-state index contributed by atoms with van der Waals surface area (Å²) in [5.74, 6) is -0.672. The SMILES string of the molecule is COC(=O)NOc1cc(/C(C)=N/OCc2ccc(F)cc2C(F)(F)F)ccc1C. The van der Waals surface area contributed by atoms with E-state index >= 15 is 0 Å². The second-order valence-electron chi connectivity index (χ2n) is 5.93. The van der Waals surface area contributed by atoms with Gasteiger partial charge in [0.2, 0.25) is 0 Å². The molecule has 1 N–H and O–H groups in total. The van der Waals surface area contributed by atoms with E-state index in [1.165, 1.54) is 7.11 Å². The van der Waals surface area contributed by atoms with Crippen molar-refractivity contribution in [3.63, 3.8) is 0 Å². The molecule has 0 aliphatic rings. The van der Waals surface area contributed by atoms with Gasteiger partial charge < -0.3 is 14.4 Å². The van der Waals surface area contributed by atoms with Crippen LogP contribution in [0.4, 0.5) is 22.4 Å². The Bertz CT molecular complexity index is 914. The van der Waals surface area contributed by atoms with Gasteiger partial charge in [-0.05, 0) is 37.6 Å². The third-order valence-corrected chi connectivity index (χ3v) is 3.83. The van der Waals surface area contributed by atoms with Crippen LogP contribution >= 0.6 is 0 Å². The molecule has 0 aromatic heterocycles. The van der Waals surface area contributed by atoms with Crippen LogP contribution in [0.1, 0.15) is 29.2 Å². The monoisotopic (exact) mass is 414 g/mol. The van der Waals surface area contributed by atoms with Gasteiger partial charge in [0.05, 0.1) is 18.4 Å². The lowest BCUT2D eigenvalue weighted by atomic mass is 10.1. The van der Waals surface area contributed by atoms with Crippen molar-refractivity contribution in [3.8, 4) is 5.75 Å². The van der Waals surface area contributed by atoms with E-state index in [2.05, 4.69) is 15.4 Å². The Hall–Kier alpha value is -3.30. The fourth-order valence-corrected chi connectivity index (χ4v) is 2.26. The van der Waals surface area contributed by atoms with Crippen LogP contribution in [0.15, 0.2) is 41.6 Å². The van der Waals surface area contributed by atoms with Crippen molar-refractivity contribution < 1.29 is 36.8 Å². The number of alkyl halides is 3. The van der Waals surface area contributed by atoms with E-state index < -0.39 is 30.3 Å². The number of carbonyl (C=O) groups is 1. The summed E-state index contributed by atoms with van der Waals surface area (Å²) in [4.78, 5) is 21.3. The Balaban J connectivity index is 2.12. The smallest absolute Gasteiger partial charge is 0.440 e. The first-order valence-corrected chi connectivity index (χ1v) is 8.26. The predicted octanol–water partition coefficient (Wildman–Crippen LogP) is 4.74. The van der Waals surface area contributed by atoms with Crippen molar-refractivity contribution in [1.29, 1.82) is 0 Å². The van der Waals surface area contributed by atoms with Crippen molar-refractivity contribution in [1.82, 2.24) is 5.48 Å². The molecule has 0 radical (unpaired) electrons. The average molecular weight is 414 g/mol. The van der Waals surface area contributed by atoms with Gasteiger partial charge in [-0.25, -0.2) is 9.18 Å². The Morgan fingerprint density at radius 1 is 1.17 bits per heavy atom. The molecule has 0 saturated carbocycles. The highest BCUT2D eigenvalue weighted by Crippen LogP contribution is 2.33. The van der Waals surface area contributed by atoms with Gasteiger partial charge in [-0.2, -0.15) is 18.7 Å². The predicted molar refractivity (Wildman–Crippen MR) is 95.7 cm³/mol. The molecule has 0 atom stereocenters. The minimum atomic E-state index is -4.71. The average Bonchev–Trinajstić information content (AvgIpc) is 2.67. The Kier molecular flexibility index (Phi) is 7.03. The van der Waals surface area contributed by atoms with E-state index in [4.69, 9.17) is 9.68 Å². The number of ether oxygens (including phenoxy) is 1. The Morgan fingerprint density at radius 3 is 2.55 bits per heavy atom. The zero-order chi connectivity index (χ0) is 21.6. The highest BCUT2D eigenvalue weighted by molar-refractivity contribution is 5.98. The summed E-state index contributed by atoms with van der Waals surface area (Å²) < 4.78 is 56.6. The summed E-state index contributed by atoms with van der Waals surface area (Å²) in [6.07, 6.45) is -5.50. The van der Waals surface area contributed by atoms with Crippen LogP contribution in [0, 0.1) is 12.7 Å². The molecule has 156 valence electrons. The maximum absolute atomic E-state index is 13.1. The van der Waals surface area contributed by atoms with E-state index in [1.807, 2.05) is 0 Å². The molecule has 0 heterocycles. The standard InChI is InChI=1S/C19H18F4N2O4/c1-11-4-5-13(8-17(11)29-25-18(26)27-3)12(2)24-28-10-14-6-7-15(20)9-16(14)19(21,22)23/h4-9H,10H2,1-3H3,(H,25,26)/b24-12+. The second kappa shape index (κ2) is 9.26. The lowest BCUT2D eigenvalue weighted by Gasteiger charge is -2.12. The van der Waals surface area contributed by atoms with Gasteiger partial charge in [0.1, 0.15) is 12.4 Å². The molecule has 2 aromatic rings. The number of oxime groups is 1. The quantitative estimate of drug-likeness (QED) is 0.421. The van der Waals surface area contributed by atoms with E-state index in [0.717, 1.165) is 12.1 Å². The molecule has 0 unspecified atom stereocenters. The van der Waals surface area contributed by atoms with Crippen molar-refractivity contribution in [2.24, 2.45) is 5.16 Å². The highest BCUT2D eigenvalue weighted by Gasteiger charge is 2.33. The van der Waals surface area contributed by atoms with Crippen LogP contribution < -0.4 is 10.3 Å². The molecule has 10 heteroatoms. The van der Waals surface area contributed by atoms with Crippen LogP contribution in [0.3, 0.4) is 0 Å². The fourth-order valence-electron chi connectivity index (χ4n) is 2.26. The summed E-state index contributed by atoms with van der Waals surface area (Å²) in [5, 5.41) is 3.81. The van der Waals surface area contributed by atoms with Gasteiger partial charge in [0, 0.05) is 11.1 Å². The summed E-state index contributed by atoms with van der Waals surface area (Å²) in [6.45, 7) is 2.83. The number of rotatable bonds is 6. The van der Waals surface area contributed by atoms with Crippen molar-refractivity contribution >= 4 is 11.8 Å². The maximum Gasteiger partial charge on any atom is 0.440 e. The largest absolute Gasteiger partial charge is 0.451 e. The van der Waals surface area contributed by atoms with Gasteiger partial charge >= 0.3 is 12.3 Å². The van der Waals surface area contributed by atoms with Gasteiger partial charge in [0.25, 0.3) is 0 Å². The number of nitrogens with zero attached hydrogens (tertiary/aromatic N) is 1. The number of halogens is 4. The van der Waals surface area contributed by atoms with Crippen LogP contribution in [0.25, 0.3) is 0 Å². The third-order valence-electron chi connectivity index (χ3n) is 3.83. The molecule has 29 heavy (non-hydrogen) atoms. The number of hydrogen-bond donors (Lipinski definition) is 1. The number of amides is 1. The van der Waals surface area contributed by atoms with E-state index in [1.54, 1.807) is 32.0 Å². The first kappa shape index (κ1) is 22.0. The minimum absolute atomic E-state index is 0.245. The van der Waals surface area contributed by atoms with E-state index in [0.29, 0.717) is 28.7 Å². The summed E-state index contributed by atoms with van der Waals surface area (Å²) >= 11 is 0. The number of hydrogen-bond acceptors (Lipinski definition) is 5. The van der Waals surface area contributed by atoms with Crippen LogP contribution in [0.2, 0.25) is 0 Å². The lowest BCUT2D eigenvalue weighted by molar-refractivity contribution is -0.139. The van der Waals surface area contributed by atoms with Crippen LogP contribution in [0.5, 0.6) is 5.75 Å². The zero-order valence-electron chi connectivity index (χ0n) is 15.8. The number of hydroxylamine groups is 1. The summed E-state index contributed by atoms with van der Waals surface area (Å²) in [5.41, 5.74) is 2.32. The van der Waals surface area contributed by atoms with E-state index in [-0.39, 0.29) is 5.56 Å². The van der Waals surface area contributed by atoms with Gasteiger partial charge in [-0.15, -0.1) is 0 Å². The van der Waals surface area contributed by atoms with Crippen LogP contribution in [-0.2, 0) is 22.4 Å². The van der Waals surface area contributed by atoms with E-state index in [9.17, 15) is 22.4 Å². The van der Waals surface area contributed by atoms with Gasteiger partial charge in [0.15, 0.2) is 5.75 Å². The fraction of sp³-hybridized carbons (Fsp3) is 0.263. The molecule has 0 aliphatic heterocycles. The van der Waals surface area contributed by atoms with Gasteiger partial charge in [-0.3, -0.25) is 0 Å². The number of methoxy groups -OCH3 is 1. The highest BCUT2D eigenvalue weighted by atomic mass is 19.4. The number of carbonyl (C=O) groups excluding carboxylic acids is 1. The van der Waals surface area contributed by atoms with Crippen molar-refractivity contribution in [2.45, 2.75) is 26.6 Å². The maximum atomic E-state index is 13.1. The third kappa shape index (κ3) is 6.09. The molecule has 2 rings (SSSR count). The first-order valence-electron chi connectivity index (χ1n) is 8.26. The summed E-state index contributed by atoms with van der Waals surface area (Å²) in [6, 6.07) is 7.29. The molecule has 0 aliphatic carbocycles. The van der Waals surface area contributed by atoms with Gasteiger partial charge in [-0.1, -0.05) is 23.4 Å². The van der Waals surface area contributed by atoms with Crippen molar-refractivity contribution in [3.05, 3.63) is 64.5 Å². The second-order valence-corrected chi connectivity index (χ2v) is 5.93. The molecule has 6 nitrogen and oxygen atoms in total. The molecule has 0 spiro atoms. The minimum Gasteiger partial charge on any atom is -0.451 e. The normalized spacial score (nSPS) is 11.8. The molecule has 0 fully saturated rings. The Labute approximate surface area is 164 Å². The van der Waals surface area contributed by atoms with Crippen molar-refractivity contribution in [2.75, 3.05) is 7.11 Å². The molecule has 2 aromatic carbocycles. The molecular weight excluding hydrogens is 396 g/mol. The molecule has 0 saturated heterocycles. The molecule has 0 bridgehead atoms. The number of nitrogens with one attached hydrogen (secondary N) is 1. The number of aryl methyl sites for hydroxylation is 1. The topological polar surface area (TPSA) is 69.2 Å². The number of benzene rings is 2. The van der Waals surface area contributed by atoms with Crippen LogP contribution in [-0.4, -0.2) is 18.9 Å². The Morgan fingerprint density at radius 2 is 1.90 bits per heavy atom.